The Hall–Kier alpha value is -1.58. The zero-order valence-electron chi connectivity index (χ0n) is 9.60. The van der Waals surface area contributed by atoms with Gasteiger partial charge in [0.1, 0.15) is 6.10 Å². The average Bonchev–Trinajstić information content (AvgIpc) is 2.82. The lowest BCUT2D eigenvalue weighted by Gasteiger charge is -2.10. The Bertz CT molecular complexity index is 675. The molecule has 3 aromatic rings. The average molecular weight is 302 g/mol. The number of nitrogens with one attached hydrogen (secondary N) is 1. The zero-order valence-corrected chi connectivity index (χ0v) is 11.2. The molecule has 2 aromatic carbocycles. The van der Waals surface area contributed by atoms with Crippen molar-refractivity contribution in [1.82, 2.24) is 4.98 Å². The molecule has 18 heavy (non-hydrogen) atoms. The fraction of sp³-hybridized carbons (Fsp3) is 0.0667. The minimum Gasteiger partial charge on any atom is -0.384 e. The highest BCUT2D eigenvalue weighted by Gasteiger charge is 2.14. The summed E-state index contributed by atoms with van der Waals surface area (Å²) in [5.74, 6) is 0. The van der Waals surface area contributed by atoms with Crippen molar-refractivity contribution in [2.24, 2.45) is 0 Å². The van der Waals surface area contributed by atoms with Crippen LogP contribution >= 0.6 is 15.9 Å². The number of hydrogen-bond acceptors (Lipinski definition) is 1. The predicted octanol–water partition coefficient (Wildman–Crippen LogP) is 4.01. The van der Waals surface area contributed by atoms with E-state index in [2.05, 4.69) is 20.9 Å². The smallest absolute Gasteiger partial charge is 0.106 e. The summed E-state index contributed by atoms with van der Waals surface area (Å²) in [6.45, 7) is 0. The fourth-order valence-corrected chi connectivity index (χ4v) is 2.52. The summed E-state index contributed by atoms with van der Waals surface area (Å²) in [6.07, 6.45) is 1.27. The highest BCUT2D eigenvalue weighted by Crippen LogP contribution is 2.30. The molecule has 0 fully saturated rings. The van der Waals surface area contributed by atoms with Crippen molar-refractivity contribution in [3.8, 4) is 0 Å². The van der Waals surface area contributed by atoms with Crippen LogP contribution in [0.3, 0.4) is 0 Å². The SMILES string of the molecule is OC(c1ccccc1)c1c[nH]c2ccc(Br)cc12. The molecule has 0 bridgehead atoms. The van der Waals surface area contributed by atoms with E-state index in [1.165, 1.54) is 0 Å². The van der Waals surface area contributed by atoms with Crippen LogP contribution in [0, 0.1) is 0 Å². The third-order valence-corrected chi connectivity index (χ3v) is 3.58. The number of H-pyrrole nitrogens is 1. The second-order valence-electron chi connectivity index (χ2n) is 4.25. The number of fused-ring (bicyclic) bond motifs is 1. The molecule has 1 unspecified atom stereocenters. The molecule has 3 heteroatoms. The van der Waals surface area contributed by atoms with Crippen molar-refractivity contribution in [1.29, 1.82) is 0 Å². The molecule has 0 amide bonds. The first-order valence-electron chi connectivity index (χ1n) is 5.75. The molecule has 0 saturated carbocycles. The molecule has 0 aliphatic heterocycles. The molecule has 0 aliphatic carbocycles. The molecule has 90 valence electrons. The molecule has 3 rings (SSSR count). The topological polar surface area (TPSA) is 36.0 Å². The van der Waals surface area contributed by atoms with Crippen LogP contribution in [0.5, 0.6) is 0 Å². The fourth-order valence-electron chi connectivity index (χ4n) is 2.16. The van der Waals surface area contributed by atoms with Gasteiger partial charge in [0.15, 0.2) is 0 Å². The first kappa shape index (κ1) is 11.5. The molecule has 0 aliphatic rings. The van der Waals surface area contributed by atoms with Crippen LogP contribution < -0.4 is 0 Å². The summed E-state index contributed by atoms with van der Waals surface area (Å²) in [5, 5.41) is 11.5. The summed E-state index contributed by atoms with van der Waals surface area (Å²) >= 11 is 3.46. The number of aromatic amines is 1. The minimum absolute atomic E-state index is 0.603. The Morgan fingerprint density at radius 2 is 1.83 bits per heavy atom. The number of aliphatic hydroxyl groups excluding tert-OH is 1. The van der Waals surface area contributed by atoms with Crippen LogP contribution in [-0.4, -0.2) is 10.1 Å². The van der Waals surface area contributed by atoms with E-state index >= 15 is 0 Å². The number of rotatable bonds is 2. The summed E-state index contributed by atoms with van der Waals surface area (Å²) in [7, 11) is 0. The number of aliphatic hydroxyl groups is 1. The van der Waals surface area contributed by atoms with Gasteiger partial charge < -0.3 is 10.1 Å². The van der Waals surface area contributed by atoms with Crippen molar-refractivity contribution < 1.29 is 5.11 Å². The van der Waals surface area contributed by atoms with E-state index in [1.807, 2.05) is 54.7 Å². The lowest BCUT2D eigenvalue weighted by molar-refractivity contribution is 0.222. The van der Waals surface area contributed by atoms with E-state index in [-0.39, 0.29) is 0 Å². The number of benzene rings is 2. The first-order valence-corrected chi connectivity index (χ1v) is 6.54. The van der Waals surface area contributed by atoms with Gasteiger partial charge in [-0.2, -0.15) is 0 Å². The van der Waals surface area contributed by atoms with Gasteiger partial charge in [-0.25, -0.2) is 0 Å². The zero-order chi connectivity index (χ0) is 12.5. The van der Waals surface area contributed by atoms with Crippen LogP contribution in [0.15, 0.2) is 59.2 Å². The predicted molar refractivity (Wildman–Crippen MR) is 76.5 cm³/mol. The van der Waals surface area contributed by atoms with Gasteiger partial charge in [0, 0.05) is 27.1 Å². The van der Waals surface area contributed by atoms with Crippen molar-refractivity contribution >= 4 is 26.8 Å². The van der Waals surface area contributed by atoms with Gasteiger partial charge in [-0.15, -0.1) is 0 Å². The van der Waals surface area contributed by atoms with E-state index < -0.39 is 6.10 Å². The van der Waals surface area contributed by atoms with Crippen molar-refractivity contribution in [3.63, 3.8) is 0 Å². The molecule has 0 radical (unpaired) electrons. The molecule has 1 aromatic heterocycles. The first-order chi connectivity index (χ1) is 8.75. The molecule has 0 saturated heterocycles. The Kier molecular flexibility index (Phi) is 2.94. The van der Waals surface area contributed by atoms with Gasteiger partial charge in [0.2, 0.25) is 0 Å². The molecule has 2 nitrogen and oxygen atoms in total. The summed E-state index contributed by atoms with van der Waals surface area (Å²) in [6, 6.07) is 15.7. The van der Waals surface area contributed by atoms with Gasteiger partial charge in [-0.05, 0) is 23.8 Å². The second-order valence-corrected chi connectivity index (χ2v) is 5.16. The highest BCUT2D eigenvalue weighted by atomic mass is 79.9. The lowest BCUT2D eigenvalue weighted by Crippen LogP contribution is -1.97. The van der Waals surface area contributed by atoms with Gasteiger partial charge in [-0.3, -0.25) is 0 Å². The van der Waals surface area contributed by atoms with Crippen molar-refractivity contribution in [2.45, 2.75) is 6.10 Å². The van der Waals surface area contributed by atoms with Gasteiger partial charge in [0.05, 0.1) is 0 Å². The molecular formula is C15H12BrNO. The second kappa shape index (κ2) is 4.59. The van der Waals surface area contributed by atoms with E-state index in [0.717, 1.165) is 26.5 Å². The van der Waals surface area contributed by atoms with Crippen LogP contribution in [0.1, 0.15) is 17.2 Å². The maximum atomic E-state index is 10.4. The summed E-state index contributed by atoms with van der Waals surface area (Å²) < 4.78 is 1.01. The molecule has 1 heterocycles. The monoisotopic (exact) mass is 301 g/mol. The molecular weight excluding hydrogens is 290 g/mol. The normalized spacial score (nSPS) is 12.8. The highest BCUT2D eigenvalue weighted by molar-refractivity contribution is 9.10. The standard InChI is InChI=1S/C15H12BrNO/c16-11-6-7-14-12(8-11)13(9-17-14)15(18)10-4-2-1-3-5-10/h1-9,15,17-18H. The summed E-state index contributed by atoms with van der Waals surface area (Å²) in [5.41, 5.74) is 2.83. The van der Waals surface area contributed by atoms with Crippen molar-refractivity contribution in [3.05, 3.63) is 70.3 Å². The maximum Gasteiger partial charge on any atom is 0.106 e. The minimum atomic E-state index is -0.603. The number of halogens is 1. The molecule has 0 spiro atoms. The van der Waals surface area contributed by atoms with Gasteiger partial charge >= 0.3 is 0 Å². The van der Waals surface area contributed by atoms with Gasteiger partial charge in [0.25, 0.3) is 0 Å². The van der Waals surface area contributed by atoms with Crippen LogP contribution in [0.4, 0.5) is 0 Å². The van der Waals surface area contributed by atoms with E-state index in [0.29, 0.717) is 0 Å². The Labute approximate surface area is 113 Å². The van der Waals surface area contributed by atoms with E-state index in [4.69, 9.17) is 0 Å². The number of aromatic nitrogens is 1. The number of hydrogen-bond donors (Lipinski definition) is 2. The Balaban J connectivity index is 2.12. The summed E-state index contributed by atoms with van der Waals surface area (Å²) in [4.78, 5) is 3.19. The Morgan fingerprint density at radius 1 is 1.06 bits per heavy atom. The van der Waals surface area contributed by atoms with Crippen molar-refractivity contribution in [2.75, 3.05) is 0 Å². The Morgan fingerprint density at radius 3 is 2.61 bits per heavy atom. The van der Waals surface area contributed by atoms with E-state index in [1.54, 1.807) is 0 Å². The van der Waals surface area contributed by atoms with Crippen LogP contribution in [-0.2, 0) is 0 Å². The molecule has 2 N–H and O–H groups in total. The third kappa shape index (κ3) is 1.96. The van der Waals surface area contributed by atoms with E-state index in [9.17, 15) is 5.11 Å². The van der Waals surface area contributed by atoms with Crippen LogP contribution in [0.25, 0.3) is 10.9 Å². The van der Waals surface area contributed by atoms with Gasteiger partial charge in [-0.1, -0.05) is 46.3 Å². The third-order valence-electron chi connectivity index (χ3n) is 3.09. The largest absolute Gasteiger partial charge is 0.384 e. The lowest BCUT2D eigenvalue weighted by atomic mass is 10.0. The maximum absolute atomic E-state index is 10.4. The van der Waals surface area contributed by atoms with Crippen LogP contribution in [0.2, 0.25) is 0 Å². The molecule has 1 atom stereocenters. The quantitative estimate of drug-likeness (QED) is 0.737.